The van der Waals surface area contributed by atoms with Gasteiger partial charge in [0.15, 0.2) is 0 Å². The zero-order chi connectivity index (χ0) is 13.8. The summed E-state index contributed by atoms with van der Waals surface area (Å²) in [6, 6.07) is 5.35. The molecule has 1 fully saturated rings. The lowest BCUT2D eigenvalue weighted by Crippen LogP contribution is -2.31. The molecule has 0 bridgehead atoms. The molecule has 0 radical (unpaired) electrons. The second-order valence-corrected chi connectivity index (χ2v) is 5.01. The fourth-order valence-electron chi connectivity index (χ4n) is 2.22. The average molecular weight is 263 g/mol. The Morgan fingerprint density at radius 2 is 2.32 bits per heavy atom. The van der Waals surface area contributed by atoms with Gasteiger partial charge in [-0.05, 0) is 31.0 Å². The monoisotopic (exact) mass is 263 g/mol. The lowest BCUT2D eigenvalue weighted by molar-refractivity contribution is 0.0858. The standard InChI is InChI=1S/C14H21N3O2/c1-17(2)13-6-5-10(8-12(13)15)14(18)16-9-11-4-3-7-19-11/h5-6,8,11H,3-4,7,9,15H2,1-2H3,(H,16,18). The van der Waals surface area contributed by atoms with Crippen molar-refractivity contribution in [3.63, 3.8) is 0 Å². The number of hydrogen-bond acceptors (Lipinski definition) is 4. The van der Waals surface area contributed by atoms with Crippen LogP contribution in [0.3, 0.4) is 0 Å². The van der Waals surface area contributed by atoms with Gasteiger partial charge in [-0.1, -0.05) is 0 Å². The van der Waals surface area contributed by atoms with Gasteiger partial charge in [0.25, 0.3) is 5.91 Å². The number of nitrogens with two attached hydrogens (primary N) is 1. The molecule has 3 N–H and O–H groups in total. The van der Waals surface area contributed by atoms with Crippen molar-refractivity contribution in [2.75, 3.05) is 37.9 Å². The van der Waals surface area contributed by atoms with E-state index in [1.165, 1.54) is 0 Å². The number of hydrogen-bond donors (Lipinski definition) is 2. The van der Waals surface area contributed by atoms with E-state index in [0.29, 0.717) is 17.8 Å². The molecule has 1 saturated heterocycles. The molecule has 1 aromatic carbocycles. The van der Waals surface area contributed by atoms with Gasteiger partial charge in [0, 0.05) is 32.8 Å². The summed E-state index contributed by atoms with van der Waals surface area (Å²) in [5.41, 5.74) is 8.04. The molecule has 1 unspecified atom stereocenters. The number of amides is 1. The first kappa shape index (κ1) is 13.7. The predicted molar refractivity (Wildman–Crippen MR) is 76.5 cm³/mol. The number of carbonyl (C=O) groups excluding carboxylic acids is 1. The van der Waals surface area contributed by atoms with E-state index in [1.807, 2.05) is 25.1 Å². The van der Waals surface area contributed by atoms with E-state index in [2.05, 4.69) is 5.32 Å². The van der Waals surface area contributed by atoms with Crippen LogP contribution in [0.1, 0.15) is 23.2 Å². The van der Waals surface area contributed by atoms with Crippen molar-refractivity contribution in [2.45, 2.75) is 18.9 Å². The van der Waals surface area contributed by atoms with Crippen LogP contribution < -0.4 is 16.0 Å². The largest absolute Gasteiger partial charge is 0.397 e. The van der Waals surface area contributed by atoms with Gasteiger partial charge >= 0.3 is 0 Å². The van der Waals surface area contributed by atoms with Crippen LogP contribution >= 0.6 is 0 Å². The second-order valence-electron chi connectivity index (χ2n) is 5.01. The molecule has 1 heterocycles. The predicted octanol–water partition coefficient (Wildman–Crippen LogP) is 1.24. The molecular formula is C14H21N3O2. The quantitative estimate of drug-likeness (QED) is 0.802. The molecule has 1 aliphatic rings. The molecule has 5 heteroatoms. The van der Waals surface area contributed by atoms with Gasteiger partial charge in [-0.2, -0.15) is 0 Å². The highest BCUT2D eigenvalue weighted by Crippen LogP contribution is 2.22. The minimum atomic E-state index is -0.104. The summed E-state index contributed by atoms with van der Waals surface area (Å²) in [5.74, 6) is -0.104. The van der Waals surface area contributed by atoms with E-state index in [9.17, 15) is 4.79 Å². The molecule has 104 valence electrons. The van der Waals surface area contributed by atoms with E-state index in [0.717, 1.165) is 25.1 Å². The van der Waals surface area contributed by atoms with E-state index in [-0.39, 0.29) is 12.0 Å². The molecule has 0 aliphatic carbocycles. The van der Waals surface area contributed by atoms with Crippen LogP contribution in [0.15, 0.2) is 18.2 Å². The topological polar surface area (TPSA) is 67.6 Å². The molecule has 0 spiro atoms. The lowest BCUT2D eigenvalue weighted by atomic mass is 10.1. The van der Waals surface area contributed by atoms with Crippen LogP contribution in [-0.2, 0) is 4.74 Å². The fourth-order valence-corrected chi connectivity index (χ4v) is 2.22. The Bertz CT molecular complexity index is 454. The third kappa shape index (κ3) is 3.38. The van der Waals surface area contributed by atoms with Crippen molar-refractivity contribution in [3.05, 3.63) is 23.8 Å². The zero-order valence-corrected chi connectivity index (χ0v) is 11.5. The summed E-state index contributed by atoms with van der Waals surface area (Å²) in [6.45, 7) is 1.36. The van der Waals surface area contributed by atoms with E-state index in [4.69, 9.17) is 10.5 Å². The van der Waals surface area contributed by atoms with Gasteiger partial charge in [-0.3, -0.25) is 4.79 Å². The highest BCUT2D eigenvalue weighted by molar-refractivity contribution is 5.96. The maximum absolute atomic E-state index is 12.0. The number of benzene rings is 1. The van der Waals surface area contributed by atoms with Crippen molar-refractivity contribution >= 4 is 17.3 Å². The third-order valence-electron chi connectivity index (χ3n) is 3.29. The van der Waals surface area contributed by atoms with Crippen molar-refractivity contribution in [1.82, 2.24) is 5.32 Å². The fraction of sp³-hybridized carbons (Fsp3) is 0.500. The Morgan fingerprint density at radius 3 is 2.89 bits per heavy atom. The van der Waals surface area contributed by atoms with Crippen LogP contribution in [0.2, 0.25) is 0 Å². The molecule has 1 amide bonds. The molecular weight excluding hydrogens is 242 g/mol. The van der Waals surface area contributed by atoms with Crippen LogP contribution in [0.4, 0.5) is 11.4 Å². The van der Waals surface area contributed by atoms with Gasteiger partial charge in [0.05, 0.1) is 17.5 Å². The van der Waals surface area contributed by atoms with Crippen LogP contribution in [0, 0.1) is 0 Å². The molecule has 1 aromatic rings. The Labute approximate surface area is 113 Å². The Morgan fingerprint density at radius 1 is 1.53 bits per heavy atom. The number of rotatable bonds is 4. The Balaban J connectivity index is 1.96. The van der Waals surface area contributed by atoms with E-state index >= 15 is 0 Å². The van der Waals surface area contributed by atoms with Crippen molar-refractivity contribution in [3.8, 4) is 0 Å². The number of nitrogens with one attached hydrogen (secondary N) is 1. The van der Waals surface area contributed by atoms with Gasteiger partial charge < -0.3 is 20.7 Å². The zero-order valence-electron chi connectivity index (χ0n) is 11.5. The molecule has 1 atom stereocenters. The molecule has 0 aromatic heterocycles. The van der Waals surface area contributed by atoms with Crippen molar-refractivity contribution in [1.29, 1.82) is 0 Å². The van der Waals surface area contributed by atoms with Gasteiger partial charge in [0.1, 0.15) is 0 Å². The minimum Gasteiger partial charge on any atom is -0.397 e. The van der Waals surface area contributed by atoms with Crippen LogP contribution in [0.5, 0.6) is 0 Å². The normalized spacial score (nSPS) is 18.3. The maximum atomic E-state index is 12.0. The minimum absolute atomic E-state index is 0.104. The number of carbonyl (C=O) groups is 1. The Kier molecular flexibility index (Phi) is 4.27. The molecule has 5 nitrogen and oxygen atoms in total. The first-order valence-electron chi connectivity index (χ1n) is 6.54. The SMILES string of the molecule is CN(C)c1ccc(C(=O)NCC2CCCO2)cc1N. The summed E-state index contributed by atoms with van der Waals surface area (Å²) in [5, 5.41) is 2.88. The summed E-state index contributed by atoms with van der Waals surface area (Å²) in [7, 11) is 3.84. The van der Waals surface area contributed by atoms with Crippen LogP contribution in [-0.4, -0.2) is 39.3 Å². The summed E-state index contributed by atoms with van der Waals surface area (Å²) >= 11 is 0. The summed E-state index contributed by atoms with van der Waals surface area (Å²) in [4.78, 5) is 13.9. The molecule has 1 aliphatic heterocycles. The van der Waals surface area contributed by atoms with Crippen molar-refractivity contribution < 1.29 is 9.53 Å². The smallest absolute Gasteiger partial charge is 0.251 e. The number of anilines is 2. The molecule has 0 saturated carbocycles. The molecule has 2 rings (SSSR count). The highest BCUT2D eigenvalue weighted by atomic mass is 16.5. The first-order chi connectivity index (χ1) is 9.08. The average Bonchev–Trinajstić information content (AvgIpc) is 2.88. The second kappa shape index (κ2) is 5.93. The first-order valence-corrected chi connectivity index (χ1v) is 6.54. The summed E-state index contributed by atoms with van der Waals surface area (Å²) < 4.78 is 5.47. The van der Waals surface area contributed by atoms with E-state index < -0.39 is 0 Å². The van der Waals surface area contributed by atoms with Crippen LogP contribution in [0.25, 0.3) is 0 Å². The van der Waals surface area contributed by atoms with E-state index in [1.54, 1.807) is 12.1 Å². The summed E-state index contributed by atoms with van der Waals surface area (Å²) in [6.07, 6.45) is 2.25. The lowest BCUT2D eigenvalue weighted by Gasteiger charge is -2.16. The maximum Gasteiger partial charge on any atom is 0.251 e. The number of nitrogen functional groups attached to an aromatic ring is 1. The highest BCUT2D eigenvalue weighted by Gasteiger charge is 2.17. The third-order valence-corrected chi connectivity index (χ3v) is 3.29. The molecule has 19 heavy (non-hydrogen) atoms. The van der Waals surface area contributed by atoms with Gasteiger partial charge in [-0.25, -0.2) is 0 Å². The van der Waals surface area contributed by atoms with Gasteiger partial charge in [0.2, 0.25) is 0 Å². The Hall–Kier alpha value is -1.75. The number of nitrogens with zero attached hydrogens (tertiary/aromatic N) is 1. The number of ether oxygens (including phenoxy) is 1. The van der Waals surface area contributed by atoms with Crippen molar-refractivity contribution in [2.24, 2.45) is 0 Å². The van der Waals surface area contributed by atoms with Gasteiger partial charge in [-0.15, -0.1) is 0 Å².